The summed E-state index contributed by atoms with van der Waals surface area (Å²) in [5, 5.41) is 3.68. The highest BCUT2D eigenvalue weighted by atomic mass is 35.5. The zero-order chi connectivity index (χ0) is 30.4. The Labute approximate surface area is 256 Å². The molecule has 3 aromatic carbocycles. The summed E-state index contributed by atoms with van der Waals surface area (Å²) in [7, 11) is -4.30. The molecule has 0 bridgehead atoms. The van der Waals surface area contributed by atoms with Crippen molar-refractivity contribution in [2.24, 2.45) is 0 Å². The van der Waals surface area contributed by atoms with Gasteiger partial charge in [-0.1, -0.05) is 66.2 Å². The second-order valence-corrected chi connectivity index (χ2v) is 13.2. The van der Waals surface area contributed by atoms with Crippen LogP contribution in [0.25, 0.3) is 0 Å². The van der Waals surface area contributed by atoms with E-state index in [1.165, 1.54) is 4.90 Å². The highest BCUT2D eigenvalue weighted by molar-refractivity contribution is 7.92. The molecule has 0 unspecified atom stereocenters. The lowest BCUT2D eigenvalue weighted by atomic mass is 9.95. The lowest BCUT2D eigenvalue weighted by Gasteiger charge is -2.33. The van der Waals surface area contributed by atoms with Crippen LogP contribution >= 0.6 is 23.2 Å². The number of nitrogens with zero attached hydrogens (tertiary/aromatic N) is 2. The lowest BCUT2D eigenvalue weighted by Crippen LogP contribution is -2.53. The molecule has 0 saturated heterocycles. The molecule has 0 spiro atoms. The summed E-state index contributed by atoms with van der Waals surface area (Å²) in [6.07, 6.45) is 4.88. The zero-order valence-electron chi connectivity index (χ0n) is 23.5. The van der Waals surface area contributed by atoms with Crippen molar-refractivity contribution in [2.75, 3.05) is 10.8 Å². The van der Waals surface area contributed by atoms with Gasteiger partial charge >= 0.3 is 0 Å². The molecule has 224 valence electrons. The van der Waals surface area contributed by atoms with E-state index in [4.69, 9.17) is 23.2 Å². The zero-order valence-corrected chi connectivity index (χ0v) is 25.9. The summed E-state index contributed by atoms with van der Waals surface area (Å²) >= 11 is 12.9. The van der Waals surface area contributed by atoms with E-state index in [1.807, 2.05) is 6.92 Å². The van der Waals surface area contributed by atoms with Crippen molar-refractivity contribution in [3.05, 3.63) is 93.7 Å². The molecule has 0 aromatic heterocycles. The first-order valence-electron chi connectivity index (χ1n) is 13.8. The van der Waals surface area contributed by atoms with Crippen molar-refractivity contribution in [3.8, 4) is 0 Å². The maximum Gasteiger partial charge on any atom is 0.264 e. The Morgan fingerprint density at radius 1 is 0.952 bits per heavy atom. The number of carbonyl (C=O) groups excluding carboxylic acids is 2. The highest BCUT2D eigenvalue weighted by Crippen LogP contribution is 2.29. The Morgan fingerprint density at radius 3 is 2.14 bits per heavy atom. The van der Waals surface area contributed by atoms with Crippen LogP contribution < -0.4 is 9.62 Å². The largest absolute Gasteiger partial charge is 0.352 e. The van der Waals surface area contributed by atoms with E-state index < -0.39 is 34.3 Å². The number of aryl methyl sites for hydroxylation is 1. The Bertz CT molecular complexity index is 1490. The van der Waals surface area contributed by atoms with Gasteiger partial charge in [-0.25, -0.2) is 12.8 Å². The quantitative estimate of drug-likeness (QED) is 0.276. The molecule has 42 heavy (non-hydrogen) atoms. The van der Waals surface area contributed by atoms with E-state index in [-0.39, 0.29) is 29.1 Å². The molecule has 2 amide bonds. The van der Waals surface area contributed by atoms with Gasteiger partial charge in [0, 0.05) is 28.2 Å². The molecule has 0 radical (unpaired) electrons. The number of hydrogen-bond acceptors (Lipinski definition) is 4. The van der Waals surface area contributed by atoms with Gasteiger partial charge in [0.05, 0.1) is 10.6 Å². The number of benzene rings is 3. The van der Waals surface area contributed by atoms with Crippen LogP contribution in [0.1, 0.15) is 50.2 Å². The average Bonchev–Trinajstić information content (AvgIpc) is 2.96. The van der Waals surface area contributed by atoms with Gasteiger partial charge in [-0.15, -0.1) is 0 Å². The predicted molar refractivity (Wildman–Crippen MR) is 164 cm³/mol. The van der Waals surface area contributed by atoms with E-state index in [2.05, 4.69) is 5.32 Å². The molecule has 11 heteroatoms. The molecule has 7 nitrogen and oxygen atoms in total. The standard InChI is InChI=1S/C31H34Cl2FN3O4S/c1-21-11-15-25(16-12-21)37(42(40,41)26-17-13-23(34)14-18-26)20-30(38)36(19-27-28(32)9-6-10-29(27)33)22(2)31(39)35-24-7-4-3-5-8-24/h6,9-18,22,24H,3-5,7-8,19-20H2,1-2H3,(H,35,39)/t22-/m1/s1. The third-order valence-electron chi connectivity index (χ3n) is 7.51. The van der Waals surface area contributed by atoms with E-state index in [1.54, 1.807) is 49.4 Å². The second-order valence-electron chi connectivity index (χ2n) is 10.5. The second kappa shape index (κ2) is 13.9. The summed E-state index contributed by atoms with van der Waals surface area (Å²) in [6.45, 7) is 2.72. The number of carbonyl (C=O) groups is 2. The number of halogens is 3. The van der Waals surface area contributed by atoms with Crippen molar-refractivity contribution in [2.45, 2.75) is 69.5 Å². The third-order valence-corrected chi connectivity index (χ3v) is 10.0. The minimum Gasteiger partial charge on any atom is -0.352 e. The molecule has 1 N–H and O–H groups in total. The van der Waals surface area contributed by atoms with Crippen molar-refractivity contribution in [1.29, 1.82) is 0 Å². The third kappa shape index (κ3) is 7.62. The fourth-order valence-electron chi connectivity index (χ4n) is 4.98. The maximum absolute atomic E-state index is 14.1. The van der Waals surface area contributed by atoms with E-state index in [0.717, 1.165) is 66.2 Å². The van der Waals surface area contributed by atoms with Crippen molar-refractivity contribution in [1.82, 2.24) is 10.2 Å². The lowest BCUT2D eigenvalue weighted by molar-refractivity contribution is -0.139. The van der Waals surface area contributed by atoms with Crippen LogP contribution in [-0.2, 0) is 26.2 Å². The fraction of sp³-hybridized carbons (Fsp3) is 0.355. The van der Waals surface area contributed by atoms with E-state index >= 15 is 0 Å². The van der Waals surface area contributed by atoms with Crippen LogP contribution in [0.4, 0.5) is 10.1 Å². The van der Waals surface area contributed by atoms with Gasteiger partial charge in [-0.3, -0.25) is 13.9 Å². The molecule has 1 saturated carbocycles. The minimum absolute atomic E-state index is 0.0115. The Kier molecular flexibility index (Phi) is 10.5. The SMILES string of the molecule is Cc1ccc(N(CC(=O)N(Cc2c(Cl)cccc2Cl)[C@H](C)C(=O)NC2CCCCC2)S(=O)(=O)c2ccc(F)cc2)cc1. The molecular weight excluding hydrogens is 600 g/mol. The van der Waals surface area contributed by atoms with Crippen LogP contribution in [0, 0.1) is 12.7 Å². The van der Waals surface area contributed by atoms with Gasteiger partial charge in [0.2, 0.25) is 11.8 Å². The Balaban J connectivity index is 1.70. The van der Waals surface area contributed by atoms with Crippen molar-refractivity contribution < 1.29 is 22.4 Å². The van der Waals surface area contributed by atoms with Gasteiger partial charge in [-0.2, -0.15) is 0 Å². The average molecular weight is 635 g/mol. The molecule has 0 aliphatic heterocycles. The number of rotatable bonds is 10. The van der Waals surface area contributed by atoms with Gasteiger partial charge < -0.3 is 10.2 Å². The molecule has 1 aliphatic rings. The smallest absolute Gasteiger partial charge is 0.264 e. The Morgan fingerprint density at radius 2 is 1.55 bits per heavy atom. The van der Waals surface area contributed by atoms with E-state index in [0.29, 0.717) is 15.6 Å². The first-order valence-corrected chi connectivity index (χ1v) is 16.0. The number of anilines is 1. The maximum atomic E-state index is 14.1. The molecule has 4 rings (SSSR count). The molecule has 1 atom stereocenters. The predicted octanol–water partition coefficient (Wildman–Crippen LogP) is 6.50. The number of sulfonamides is 1. The number of amides is 2. The number of hydrogen-bond donors (Lipinski definition) is 1. The van der Waals surface area contributed by atoms with Crippen LogP contribution in [0.15, 0.2) is 71.6 Å². The summed E-state index contributed by atoms with van der Waals surface area (Å²) in [5.41, 5.74) is 1.58. The summed E-state index contributed by atoms with van der Waals surface area (Å²) < 4.78 is 42.3. The van der Waals surface area contributed by atoms with Gasteiger partial charge in [0.15, 0.2) is 0 Å². The fourth-order valence-corrected chi connectivity index (χ4v) is 6.91. The summed E-state index contributed by atoms with van der Waals surface area (Å²) in [5.74, 6) is -1.57. The molecule has 0 heterocycles. The number of nitrogens with one attached hydrogen (secondary N) is 1. The van der Waals surface area contributed by atoms with E-state index in [9.17, 15) is 22.4 Å². The minimum atomic E-state index is -4.30. The molecule has 1 fully saturated rings. The van der Waals surface area contributed by atoms with Crippen molar-refractivity contribution in [3.63, 3.8) is 0 Å². The van der Waals surface area contributed by atoms with Crippen LogP contribution in [-0.4, -0.2) is 43.8 Å². The topological polar surface area (TPSA) is 86.8 Å². The first kappa shape index (κ1) is 31.8. The monoisotopic (exact) mass is 633 g/mol. The highest BCUT2D eigenvalue weighted by Gasteiger charge is 2.34. The molecule has 1 aliphatic carbocycles. The van der Waals surface area contributed by atoms with Gasteiger partial charge in [0.25, 0.3) is 10.0 Å². The molecular formula is C31H34Cl2FN3O4S. The van der Waals surface area contributed by atoms with Crippen molar-refractivity contribution >= 4 is 50.7 Å². The van der Waals surface area contributed by atoms with Crippen LogP contribution in [0.2, 0.25) is 10.0 Å². The van der Waals surface area contributed by atoms with Crippen LogP contribution in [0.5, 0.6) is 0 Å². The summed E-state index contributed by atoms with van der Waals surface area (Å²) in [6, 6.07) is 15.0. The molecule has 3 aromatic rings. The van der Waals surface area contributed by atoms with Gasteiger partial charge in [0.1, 0.15) is 18.4 Å². The first-order chi connectivity index (χ1) is 20.0. The summed E-state index contributed by atoms with van der Waals surface area (Å²) in [4.78, 5) is 28.6. The normalized spacial score (nSPS) is 14.7. The van der Waals surface area contributed by atoms with Crippen LogP contribution in [0.3, 0.4) is 0 Å². The van der Waals surface area contributed by atoms with Gasteiger partial charge in [-0.05, 0) is 75.2 Å². The Hall–Kier alpha value is -3.14.